The van der Waals surface area contributed by atoms with Gasteiger partial charge in [-0.05, 0) is 56.6 Å². The minimum atomic E-state index is 0.715. The summed E-state index contributed by atoms with van der Waals surface area (Å²) in [7, 11) is 0. The van der Waals surface area contributed by atoms with Crippen LogP contribution in [0.25, 0.3) is 10.2 Å². The molecule has 112 valence electrons. The molecule has 0 amide bonds. The molecule has 2 aromatic rings. The van der Waals surface area contributed by atoms with Crippen LogP contribution in [0.2, 0.25) is 0 Å². The van der Waals surface area contributed by atoms with Crippen molar-refractivity contribution in [3.8, 4) is 0 Å². The van der Waals surface area contributed by atoms with Crippen molar-refractivity contribution in [2.75, 3.05) is 31.1 Å². The molecule has 0 spiro atoms. The van der Waals surface area contributed by atoms with Gasteiger partial charge in [0, 0.05) is 19.1 Å². The van der Waals surface area contributed by atoms with E-state index in [1.165, 1.54) is 49.0 Å². The average molecular weight is 302 g/mol. The summed E-state index contributed by atoms with van der Waals surface area (Å²) in [6.45, 7) is 6.97. The van der Waals surface area contributed by atoms with Crippen LogP contribution in [0.3, 0.4) is 0 Å². The number of aryl methyl sites for hydroxylation is 1. The highest BCUT2D eigenvalue weighted by atomic mass is 32.1. The van der Waals surface area contributed by atoms with Gasteiger partial charge in [0.25, 0.3) is 0 Å². The second kappa shape index (κ2) is 5.54. The number of fused-ring (bicyclic) bond motifs is 1. The van der Waals surface area contributed by atoms with Crippen LogP contribution in [0.15, 0.2) is 11.7 Å². The minimum absolute atomic E-state index is 0.715. The molecule has 5 heteroatoms. The molecule has 0 radical (unpaired) electrons. The van der Waals surface area contributed by atoms with Crippen molar-refractivity contribution in [1.29, 1.82) is 0 Å². The van der Waals surface area contributed by atoms with E-state index in [-0.39, 0.29) is 0 Å². The molecule has 4 rings (SSSR count). The van der Waals surface area contributed by atoms with Crippen molar-refractivity contribution in [3.63, 3.8) is 0 Å². The largest absolute Gasteiger partial charge is 0.354 e. The zero-order valence-corrected chi connectivity index (χ0v) is 13.4. The first-order valence-electron chi connectivity index (χ1n) is 8.01. The van der Waals surface area contributed by atoms with Gasteiger partial charge >= 0.3 is 0 Å². The number of aromatic nitrogens is 2. The minimum Gasteiger partial charge on any atom is -0.354 e. The van der Waals surface area contributed by atoms with Crippen LogP contribution in [0.1, 0.15) is 31.2 Å². The third-order valence-corrected chi connectivity index (χ3v) is 5.95. The highest BCUT2D eigenvalue weighted by molar-refractivity contribution is 7.18. The molecule has 2 saturated heterocycles. The zero-order chi connectivity index (χ0) is 14.2. The van der Waals surface area contributed by atoms with E-state index >= 15 is 0 Å². The fourth-order valence-electron chi connectivity index (χ4n) is 3.73. The second-order valence-electron chi connectivity index (χ2n) is 6.28. The molecule has 2 aliphatic rings. The molecule has 0 aliphatic carbocycles. The molecule has 0 aromatic carbocycles. The van der Waals surface area contributed by atoms with Crippen molar-refractivity contribution >= 4 is 27.4 Å². The van der Waals surface area contributed by atoms with Crippen LogP contribution in [0, 0.1) is 6.92 Å². The average Bonchev–Trinajstić information content (AvgIpc) is 3.18. The molecule has 1 atom stereocenters. The van der Waals surface area contributed by atoms with E-state index < -0.39 is 0 Å². The lowest BCUT2D eigenvalue weighted by molar-refractivity contribution is 0.215. The smallest absolute Gasteiger partial charge is 0.150 e. The van der Waals surface area contributed by atoms with E-state index in [2.05, 4.69) is 32.1 Å². The van der Waals surface area contributed by atoms with Crippen LogP contribution in [0.5, 0.6) is 0 Å². The number of rotatable bonds is 2. The topological polar surface area (TPSA) is 32.3 Å². The van der Waals surface area contributed by atoms with Crippen molar-refractivity contribution in [2.45, 2.75) is 38.6 Å². The first kappa shape index (κ1) is 13.5. The SMILES string of the molecule is Cc1csc2c(N3CCC[C@@H](N4CCCC4)C3)ncnc12. The number of nitrogens with zero attached hydrogens (tertiary/aromatic N) is 4. The molecular formula is C16H22N4S. The van der Waals surface area contributed by atoms with Crippen LogP contribution >= 0.6 is 11.3 Å². The lowest BCUT2D eigenvalue weighted by Crippen LogP contribution is -2.47. The van der Waals surface area contributed by atoms with E-state index in [9.17, 15) is 0 Å². The molecule has 0 saturated carbocycles. The van der Waals surface area contributed by atoms with Gasteiger partial charge in [-0.3, -0.25) is 4.90 Å². The number of likely N-dealkylation sites (tertiary alicyclic amines) is 1. The predicted molar refractivity (Wildman–Crippen MR) is 88.2 cm³/mol. The Bertz CT molecular complexity index is 632. The maximum atomic E-state index is 4.61. The van der Waals surface area contributed by atoms with Gasteiger partial charge in [0.2, 0.25) is 0 Å². The highest BCUT2D eigenvalue weighted by Gasteiger charge is 2.28. The Morgan fingerprint density at radius 1 is 1.14 bits per heavy atom. The van der Waals surface area contributed by atoms with E-state index in [4.69, 9.17) is 0 Å². The van der Waals surface area contributed by atoms with E-state index in [1.54, 1.807) is 17.7 Å². The van der Waals surface area contributed by atoms with Crippen LogP contribution in [0.4, 0.5) is 5.82 Å². The van der Waals surface area contributed by atoms with Crippen molar-refractivity contribution < 1.29 is 0 Å². The van der Waals surface area contributed by atoms with Gasteiger partial charge in [-0.15, -0.1) is 11.3 Å². The quantitative estimate of drug-likeness (QED) is 0.853. The maximum absolute atomic E-state index is 4.61. The third-order valence-electron chi connectivity index (χ3n) is 4.87. The lowest BCUT2D eigenvalue weighted by atomic mass is 10.0. The summed E-state index contributed by atoms with van der Waals surface area (Å²) in [5, 5.41) is 2.20. The maximum Gasteiger partial charge on any atom is 0.150 e. The summed E-state index contributed by atoms with van der Waals surface area (Å²) in [5.41, 5.74) is 2.40. The normalized spacial score (nSPS) is 24.0. The van der Waals surface area contributed by atoms with Crippen LogP contribution in [-0.2, 0) is 0 Å². The van der Waals surface area contributed by atoms with Crippen molar-refractivity contribution in [2.24, 2.45) is 0 Å². The van der Waals surface area contributed by atoms with Gasteiger partial charge < -0.3 is 4.90 Å². The van der Waals surface area contributed by atoms with Gasteiger partial charge in [-0.1, -0.05) is 0 Å². The summed E-state index contributed by atoms with van der Waals surface area (Å²) < 4.78 is 1.26. The summed E-state index contributed by atoms with van der Waals surface area (Å²) in [6, 6.07) is 0.715. The molecule has 2 aliphatic heterocycles. The summed E-state index contributed by atoms with van der Waals surface area (Å²) in [4.78, 5) is 14.2. The van der Waals surface area contributed by atoms with Crippen molar-refractivity contribution in [1.82, 2.24) is 14.9 Å². The van der Waals surface area contributed by atoms with E-state index in [1.807, 2.05) is 0 Å². The Morgan fingerprint density at radius 2 is 2.00 bits per heavy atom. The van der Waals surface area contributed by atoms with E-state index in [0.29, 0.717) is 6.04 Å². The Balaban J connectivity index is 1.62. The number of thiophene rings is 1. The molecule has 0 unspecified atom stereocenters. The first-order chi connectivity index (χ1) is 10.3. The zero-order valence-electron chi connectivity index (χ0n) is 12.6. The second-order valence-corrected chi connectivity index (χ2v) is 7.16. The monoisotopic (exact) mass is 302 g/mol. The Labute approximate surface area is 129 Å². The summed E-state index contributed by atoms with van der Waals surface area (Å²) in [5.74, 6) is 1.15. The molecule has 2 aromatic heterocycles. The highest BCUT2D eigenvalue weighted by Crippen LogP contribution is 2.33. The third kappa shape index (κ3) is 2.42. The summed E-state index contributed by atoms with van der Waals surface area (Å²) in [6.07, 6.45) is 7.10. The molecule has 2 fully saturated rings. The van der Waals surface area contributed by atoms with Crippen LogP contribution < -0.4 is 4.90 Å². The fourth-order valence-corrected chi connectivity index (χ4v) is 4.75. The van der Waals surface area contributed by atoms with Gasteiger partial charge in [0.15, 0.2) is 0 Å². The van der Waals surface area contributed by atoms with E-state index in [0.717, 1.165) is 24.4 Å². The first-order valence-corrected chi connectivity index (χ1v) is 8.88. The Morgan fingerprint density at radius 3 is 2.86 bits per heavy atom. The standard InChI is InChI=1S/C16H22N4S/c1-12-10-21-15-14(12)17-11-18-16(15)20-8-4-5-13(9-20)19-6-2-3-7-19/h10-11,13H,2-9H2,1H3/t13-/m1/s1. The molecule has 0 N–H and O–H groups in total. The summed E-state index contributed by atoms with van der Waals surface area (Å²) >= 11 is 1.79. The molecule has 21 heavy (non-hydrogen) atoms. The predicted octanol–water partition coefficient (Wildman–Crippen LogP) is 3.06. The Kier molecular flexibility index (Phi) is 3.55. The van der Waals surface area contributed by atoms with Gasteiger partial charge in [-0.25, -0.2) is 9.97 Å². The van der Waals surface area contributed by atoms with Gasteiger partial charge in [0.1, 0.15) is 12.1 Å². The molecule has 4 heterocycles. The van der Waals surface area contributed by atoms with Gasteiger partial charge in [0.05, 0.1) is 10.2 Å². The fraction of sp³-hybridized carbons (Fsp3) is 0.625. The van der Waals surface area contributed by atoms with Crippen LogP contribution in [-0.4, -0.2) is 47.1 Å². The number of hydrogen-bond acceptors (Lipinski definition) is 5. The van der Waals surface area contributed by atoms with Gasteiger partial charge in [-0.2, -0.15) is 0 Å². The Hall–Kier alpha value is -1.20. The molecule has 0 bridgehead atoms. The number of hydrogen-bond donors (Lipinski definition) is 0. The number of piperidine rings is 1. The van der Waals surface area contributed by atoms with Crippen molar-refractivity contribution in [3.05, 3.63) is 17.3 Å². The molecule has 4 nitrogen and oxygen atoms in total. The lowest BCUT2D eigenvalue weighted by Gasteiger charge is -2.38. The number of anilines is 1. The molecular weight excluding hydrogens is 280 g/mol.